The van der Waals surface area contributed by atoms with Gasteiger partial charge in [0.05, 0.1) is 7.11 Å². The fourth-order valence-electron chi connectivity index (χ4n) is 1.84. The zero-order valence-corrected chi connectivity index (χ0v) is 12.3. The molecule has 4 heteroatoms. The van der Waals surface area contributed by atoms with E-state index in [0.717, 1.165) is 12.0 Å². The Morgan fingerprint density at radius 3 is 2.58 bits per heavy atom. The first-order valence-corrected chi connectivity index (χ1v) is 6.33. The molecule has 0 aliphatic carbocycles. The highest BCUT2D eigenvalue weighted by Crippen LogP contribution is 2.16. The highest BCUT2D eigenvalue weighted by Gasteiger charge is 2.32. The second-order valence-corrected chi connectivity index (χ2v) is 5.31. The highest BCUT2D eigenvalue weighted by molar-refractivity contribution is 5.79. The average molecular weight is 267 g/mol. The number of halogens is 1. The molecular weight excluding hydrogens is 245 g/mol. The smallest absolute Gasteiger partial charge is 0.325 e. The van der Waals surface area contributed by atoms with Crippen molar-refractivity contribution in [2.45, 2.75) is 32.7 Å². The Bertz CT molecular complexity index is 457. The summed E-state index contributed by atoms with van der Waals surface area (Å²) in [5.74, 6) is -0.447. The molecule has 0 spiro atoms. The fourth-order valence-corrected chi connectivity index (χ4v) is 1.84. The molecule has 0 bridgehead atoms. The van der Waals surface area contributed by atoms with Gasteiger partial charge in [-0.2, -0.15) is 0 Å². The lowest BCUT2D eigenvalue weighted by molar-refractivity contribution is -0.152. The first-order valence-electron chi connectivity index (χ1n) is 6.33. The van der Waals surface area contributed by atoms with Crippen molar-refractivity contribution >= 4 is 5.97 Å². The van der Waals surface area contributed by atoms with E-state index in [1.807, 2.05) is 31.9 Å². The van der Waals surface area contributed by atoms with Crippen LogP contribution in [0, 0.1) is 12.7 Å². The number of esters is 1. The molecule has 19 heavy (non-hydrogen) atoms. The number of methoxy groups -OCH3 is 1. The van der Waals surface area contributed by atoms with Crippen molar-refractivity contribution in [3.63, 3.8) is 0 Å². The summed E-state index contributed by atoms with van der Waals surface area (Å²) in [6, 6.07) is 5.10. The van der Waals surface area contributed by atoms with E-state index in [1.165, 1.54) is 13.2 Å². The molecule has 0 amide bonds. The number of hydrogen-bond acceptors (Lipinski definition) is 3. The molecule has 1 aromatic carbocycles. The van der Waals surface area contributed by atoms with Crippen molar-refractivity contribution in [1.29, 1.82) is 0 Å². The van der Waals surface area contributed by atoms with Gasteiger partial charge in [-0.05, 0) is 51.4 Å². The Hall–Kier alpha value is -1.42. The van der Waals surface area contributed by atoms with Crippen LogP contribution in [0.15, 0.2) is 18.2 Å². The van der Waals surface area contributed by atoms with Crippen molar-refractivity contribution in [3.05, 3.63) is 35.1 Å². The lowest BCUT2D eigenvalue weighted by atomic mass is 10.0. The quantitative estimate of drug-likeness (QED) is 0.768. The molecule has 1 aromatic rings. The third-order valence-corrected chi connectivity index (χ3v) is 3.60. The summed E-state index contributed by atoms with van der Waals surface area (Å²) in [5, 5.41) is 0. The van der Waals surface area contributed by atoms with Gasteiger partial charge in [0.25, 0.3) is 0 Å². The number of rotatable bonds is 5. The lowest BCUT2D eigenvalue weighted by Gasteiger charge is -2.32. The van der Waals surface area contributed by atoms with Gasteiger partial charge in [0.2, 0.25) is 0 Å². The van der Waals surface area contributed by atoms with Gasteiger partial charge in [0, 0.05) is 6.54 Å². The molecule has 0 N–H and O–H groups in total. The van der Waals surface area contributed by atoms with Crippen LogP contribution in [-0.4, -0.2) is 37.1 Å². The van der Waals surface area contributed by atoms with E-state index in [0.29, 0.717) is 12.1 Å². The van der Waals surface area contributed by atoms with Crippen LogP contribution < -0.4 is 0 Å². The largest absolute Gasteiger partial charge is 0.468 e. The Morgan fingerprint density at radius 1 is 1.42 bits per heavy atom. The SMILES string of the molecule is COC(=O)C(C)(C)N(C)CCc1ccc(F)c(C)c1. The van der Waals surface area contributed by atoms with Crippen LogP contribution in [-0.2, 0) is 16.0 Å². The molecule has 0 saturated heterocycles. The first kappa shape index (κ1) is 15.6. The van der Waals surface area contributed by atoms with Gasteiger partial charge in [-0.15, -0.1) is 0 Å². The second kappa shape index (κ2) is 6.15. The molecule has 0 fully saturated rings. The van der Waals surface area contributed by atoms with Crippen LogP contribution >= 0.6 is 0 Å². The molecule has 0 radical (unpaired) electrons. The molecule has 0 saturated carbocycles. The van der Waals surface area contributed by atoms with Crippen LogP contribution in [0.1, 0.15) is 25.0 Å². The van der Waals surface area contributed by atoms with Crippen LogP contribution in [0.4, 0.5) is 4.39 Å². The van der Waals surface area contributed by atoms with Crippen molar-refractivity contribution in [1.82, 2.24) is 4.90 Å². The molecule has 0 atom stereocenters. The normalized spacial score (nSPS) is 11.7. The topological polar surface area (TPSA) is 29.5 Å². The second-order valence-electron chi connectivity index (χ2n) is 5.31. The maximum Gasteiger partial charge on any atom is 0.325 e. The minimum atomic E-state index is -0.663. The molecule has 0 unspecified atom stereocenters. The molecular formula is C15H22FNO2. The number of likely N-dealkylation sites (N-methyl/N-ethyl adjacent to an activating group) is 1. The van der Waals surface area contributed by atoms with Crippen molar-refractivity contribution < 1.29 is 13.9 Å². The minimum absolute atomic E-state index is 0.188. The molecule has 1 rings (SSSR count). The lowest BCUT2D eigenvalue weighted by Crippen LogP contribution is -2.49. The number of hydrogen-bond donors (Lipinski definition) is 0. The summed E-state index contributed by atoms with van der Waals surface area (Å²) in [6.07, 6.45) is 0.762. The summed E-state index contributed by atoms with van der Waals surface area (Å²) in [6.45, 7) is 6.11. The Balaban J connectivity index is 2.65. The van der Waals surface area contributed by atoms with E-state index in [1.54, 1.807) is 13.0 Å². The van der Waals surface area contributed by atoms with E-state index >= 15 is 0 Å². The van der Waals surface area contributed by atoms with Gasteiger partial charge in [0.1, 0.15) is 11.4 Å². The van der Waals surface area contributed by atoms with Crippen LogP contribution in [0.25, 0.3) is 0 Å². The highest BCUT2D eigenvalue weighted by atomic mass is 19.1. The molecule has 0 aromatic heterocycles. The molecule has 0 heterocycles. The maximum atomic E-state index is 13.2. The summed E-state index contributed by atoms with van der Waals surface area (Å²) in [5.41, 5.74) is 1.04. The van der Waals surface area contributed by atoms with Gasteiger partial charge in [-0.25, -0.2) is 4.39 Å². The van der Waals surface area contributed by atoms with Crippen LogP contribution in [0.2, 0.25) is 0 Å². The summed E-state index contributed by atoms with van der Waals surface area (Å²) in [4.78, 5) is 13.6. The first-order chi connectivity index (χ1) is 8.78. The number of benzene rings is 1. The predicted molar refractivity (Wildman–Crippen MR) is 73.6 cm³/mol. The van der Waals surface area contributed by atoms with Crippen LogP contribution in [0.5, 0.6) is 0 Å². The predicted octanol–water partition coefficient (Wildman–Crippen LogP) is 2.56. The number of carbonyl (C=O) groups is 1. The van der Waals surface area contributed by atoms with Gasteiger partial charge >= 0.3 is 5.97 Å². The van der Waals surface area contributed by atoms with E-state index < -0.39 is 5.54 Å². The number of carbonyl (C=O) groups excluding carboxylic acids is 1. The summed E-state index contributed by atoms with van der Waals surface area (Å²) in [7, 11) is 3.27. The number of ether oxygens (including phenoxy) is 1. The molecule has 3 nitrogen and oxygen atoms in total. The molecule has 0 aliphatic heterocycles. The van der Waals surface area contributed by atoms with Gasteiger partial charge < -0.3 is 4.74 Å². The molecule has 106 valence electrons. The monoisotopic (exact) mass is 267 g/mol. The van der Waals surface area contributed by atoms with Crippen molar-refractivity contribution in [2.75, 3.05) is 20.7 Å². The van der Waals surface area contributed by atoms with Gasteiger partial charge in [-0.1, -0.05) is 12.1 Å². The van der Waals surface area contributed by atoms with Crippen molar-refractivity contribution in [3.8, 4) is 0 Å². The average Bonchev–Trinajstić information content (AvgIpc) is 2.38. The third kappa shape index (κ3) is 3.77. The standard InChI is InChI=1S/C15H22FNO2/c1-11-10-12(6-7-13(11)16)8-9-17(4)15(2,3)14(18)19-5/h6-7,10H,8-9H2,1-5H3. The van der Waals surface area contributed by atoms with Gasteiger partial charge in [-0.3, -0.25) is 9.69 Å². The van der Waals surface area contributed by atoms with Crippen LogP contribution in [0.3, 0.4) is 0 Å². The Kier molecular flexibility index (Phi) is 5.06. The Labute approximate surface area is 114 Å². The minimum Gasteiger partial charge on any atom is -0.468 e. The van der Waals surface area contributed by atoms with E-state index in [2.05, 4.69) is 0 Å². The van der Waals surface area contributed by atoms with E-state index in [9.17, 15) is 9.18 Å². The van der Waals surface area contributed by atoms with E-state index in [-0.39, 0.29) is 11.8 Å². The van der Waals surface area contributed by atoms with Gasteiger partial charge in [0.15, 0.2) is 0 Å². The maximum absolute atomic E-state index is 13.2. The summed E-state index contributed by atoms with van der Waals surface area (Å²) >= 11 is 0. The number of nitrogens with zero attached hydrogens (tertiary/aromatic N) is 1. The van der Waals surface area contributed by atoms with E-state index in [4.69, 9.17) is 4.74 Å². The Morgan fingerprint density at radius 2 is 2.05 bits per heavy atom. The third-order valence-electron chi connectivity index (χ3n) is 3.60. The molecule has 0 aliphatic rings. The fraction of sp³-hybridized carbons (Fsp3) is 0.533. The number of aryl methyl sites for hydroxylation is 1. The van der Waals surface area contributed by atoms with Crippen molar-refractivity contribution in [2.24, 2.45) is 0 Å². The zero-order chi connectivity index (χ0) is 14.6. The summed E-state index contributed by atoms with van der Waals surface area (Å²) < 4.78 is 18.0. The zero-order valence-electron chi connectivity index (χ0n) is 12.3.